The van der Waals surface area contributed by atoms with Crippen LogP contribution in [0.2, 0.25) is 0 Å². The van der Waals surface area contributed by atoms with Crippen LogP contribution < -0.4 is 11.5 Å². The zero-order chi connectivity index (χ0) is 13.7. The van der Waals surface area contributed by atoms with Crippen LogP contribution in [0.3, 0.4) is 0 Å². The second-order valence-corrected chi connectivity index (χ2v) is 3.50. The van der Waals surface area contributed by atoms with Gasteiger partial charge in [0.15, 0.2) is 0 Å². The number of carboxylic acid groups (broad SMARTS) is 1. The summed E-state index contributed by atoms with van der Waals surface area (Å²) >= 11 is 0. The summed E-state index contributed by atoms with van der Waals surface area (Å²) in [7, 11) is 0. The van der Waals surface area contributed by atoms with Crippen molar-refractivity contribution < 1.29 is 19.5 Å². The average molecular weight is 251 g/mol. The lowest BCUT2D eigenvalue weighted by molar-refractivity contribution is -0.142. The second-order valence-electron chi connectivity index (χ2n) is 3.50. The lowest BCUT2D eigenvalue weighted by atomic mass is 10.2. The van der Waals surface area contributed by atoms with E-state index in [1.165, 1.54) is 24.3 Å². The standard InChI is InChI=1S/C11H13N3O4/c12-5-9(15)14(6-10(16)17)11(18)7-1-3-8(13)4-2-7/h1-4H,5-6,12-13H2,(H,16,17). The van der Waals surface area contributed by atoms with E-state index in [4.69, 9.17) is 16.6 Å². The van der Waals surface area contributed by atoms with Gasteiger partial charge < -0.3 is 16.6 Å². The average Bonchev–Trinajstić information content (AvgIpc) is 2.35. The molecule has 0 heterocycles. The van der Waals surface area contributed by atoms with Gasteiger partial charge in [0, 0.05) is 11.3 Å². The van der Waals surface area contributed by atoms with Crippen molar-refractivity contribution in [3.05, 3.63) is 29.8 Å². The van der Waals surface area contributed by atoms with Crippen LogP contribution in [0.15, 0.2) is 24.3 Å². The van der Waals surface area contributed by atoms with Gasteiger partial charge in [0.25, 0.3) is 5.91 Å². The molecule has 0 saturated heterocycles. The molecule has 1 aromatic rings. The molecule has 0 aliphatic rings. The number of carbonyl (C=O) groups is 3. The van der Waals surface area contributed by atoms with Crippen molar-refractivity contribution >= 4 is 23.5 Å². The van der Waals surface area contributed by atoms with E-state index in [-0.39, 0.29) is 5.56 Å². The predicted octanol–water partition coefficient (Wildman–Crippen LogP) is -0.719. The van der Waals surface area contributed by atoms with Crippen molar-refractivity contribution in [1.82, 2.24) is 4.90 Å². The Balaban J connectivity index is 2.98. The molecule has 0 fully saturated rings. The van der Waals surface area contributed by atoms with Crippen LogP contribution in [-0.2, 0) is 9.59 Å². The number of nitrogens with zero attached hydrogens (tertiary/aromatic N) is 1. The number of nitrogen functional groups attached to an aromatic ring is 1. The molecule has 0 atom stereocenters. The topological polar surface area (TPSA) is 127 Å². The molecule has 0 bridgehead atoms. The fourth-order valence-electron chi connectivity index (χ4n) is 1.30. The van der Waals surface area contributed by atoms with Crippen LogP contribution >= 0.6 is 0 Å². The molecule has 96 valence electrons. The van der Waals surface area contributed by atoms with Crippen LogP contribution in [0.4, 0.5) is 5.69 Å². The number of benzene rings is 1. The van der Waals surface area contributed by atoms with E-state index in [9.17, 15) is 14.4 Å². The maximum Gasteiger partial charge on any atom is 0.323 e. The Bertz CT molecular complexity index is 470. The summed E-state index contributed by atoms with van der Waals surface area (Å²) in [5.41, 5.74) is 11.2. The van der Waals surface area contributed by atoms with Crippen molar-refractivity contribution in [3.8, 4) is 0 Å². The number of aliphatic carboxylic acids is 1. The summed E-state index contributed by atoms with van der Waals surface area (Å²) in [4.78, 5) is 34.6. The number of anilines is 1. The highest BCUT2D eigenvalue weighted by Crippen LogP contribution is 2.09. The Hall–Kier alpha value is -2.41. The number of hydrogen-bond acceptors (Lipinski definition) is 5. The van der Waals surface area contributed by atoms with Crippen molar-refractivity contribution in [3.63, 3.8) is 0 Å². The van der Waals surface area contributed by atoms with Gasteiger partial charge in [0.05, 0.1) is 6.54 Å². The zero-order valence-electron chi connectivity index (χ0n) is 9.50. The largest absolute Gasteiger partial charge is 0.480 e. The normalized spacial score (nSPS) is 9.83. The van der Waals surface area contributed by atoms with E-state index in [1.54, 1.807) is 0 Å². The first-order chi connectivity index (χ1) is 8.45. The monoisotopic (exact) mass is 251 g/mol. The SMILES string of the molecule is NCC(=O)N(CC(=O)O)C(=O)c1ccc(N)cc1. The summed E-state index contributed by atoms with van der Waals surface area (Å²) in [6.45, 7) is -1.16. The molecular formula is C11H13N3O4. The molecule has 7 nitrogen and oxygen atoms in total. The van der Waals surface area contributed by atoms with Crippen molar-refractivity contribution in [2.45, 2.75) is 0 Å². The van der Waals surface area contributed by atoms with Crippen LogP contribution in [0, 0.1) is 0 Å². The van der Waals surface area contributed by atoms with Gasteiger partial charge >= 0.3 is 5.97 Å². The minimum atomic E-state index is -1.29. The minimum absolute atomic E-state index is 0.173. The minimum Gasteiger partial charge on any atom is -0.480 e. The first kappa shape index (κ1) is 13.7. The number of hydrogen-bond donors (Lipinski definition) is 3. The van der Waals surface area contributed by atoms with Gasteiger partial charge in [-0.25, -0.2) is 0 Å². The van der Waals surface area contributed by atoms with Crippen molar-refractivity contribution in [2.75, 3.05) is 18.8 Å². The molecule has 18 heavy (non-hydrogen) atoms. The van der Waals surface area contributed by atoms with Crippen LogP contribution in [-0.4, -0.2) is 40.9 Å². The van der Waals surface area contributed by atoms with Crippen molar-refractivity contribution in [1.29, 1.82) is 0 Å². The van der Waals surface area contributed by atoms with E-state index in [1.807, 2.05) is 0 Å². The first-order valence-corrected chi connectivity index (χ1v) is 5.07. The summed E-state index contributed by atoms with van der Waals surface area (Å²) in [6, 6.07) is 5.80. The van der Waals surface area contributed by atoms with Gasteiger partial charge in [-0.3, -0.25) is 19.3 Å². The Kier molecular flexibility index (Phi) is 4.39. The molecule has 1 rings (SSSR count). The Morgan fingerprint density at radius 1 is 1.17 bits per heavy atom. The van der Waals surface area contributed by atoms with Gasteiger partial charge in [0.1, 0.15) is 6.54 Å². The van der Waals surface area contributed by atoms with Crippen LogP contribution in [0.1, 0.15) is 10.4 Å². The van der Waals surface area contributed by atoms with E-state index in [0.717, 1.165) is 0 Å². The van der Waals surface area contributed by atoms with E-state index in [2.05, 4.69) is 0 Å². The third kappa shape index (κ3) is 3.29. The summed E-state index contributed by atoms with van der Waals surface area (Å²) in [6.07, 6.45) is 0. The smallest absolute Gasteiger partial charge is 0.323 e. The highest BCUT2D eigenvalue weighted by molar-refractivity contribution is 6.06. The predicted molar refractivity (Wildman–Crippen MR) is 63.6 cm³/mol. The van der Waals surface area contributed by atoms with Gasteiger partial charge in [-0.05, 0) is 24.3 Å². The molecule has 0 aliphatic carbocycles. The molecule has 0 radical (unpaired) electrons. The van der Waals surface area contributed by atoms with Crippen LogP contribution in [0.25, 0.3) is 0 Å². The van der Waals surface area contributed by atoms with E-state index >= 15 is 0 Å². The molecule has 0 saturated carbocycles. The molecular weight excluding hydrogens is 238 g/mol. The van der Waals surface area contributed by atoms with Gasteiger partial charge in [-0.2, -0.15) is 0 Å². The summed E-state index contributed by atoms with van der Waals surface area (Å²) < 4.78 is 0. The number of nitrogens with two attached hydrogens (primary N) is 2. The molecule has 7 heteroatoms. The molecule has 1 aromatic carbocycles. The molecule has 5 N–H and O–H groups in total. The zero-order valence-corrected chi connectivity index (χ0v) is 9.50. The Labute approximate surface area is 103 Å². The second kappa shape index (κ2) is 5.78. The third-order valence-corrected chi connectivity index (χ3v) is 2.17. The molecule has 2 amide bonds. The third-order valence-electron chi connectivity index (χ3n) is 2.17. The van der Waals surface area contributed by atoms with Gasteiger partial charge in [-0.15, -0.1) is 0 Å². The summed E-state index contributed by atoms with van der Waals surface area (Å²) in [5.74, 6) is -2.76. The molecule has 0 spiro atoms. The molecule has 0 unspecified atom stereocenters. The molecule has 0 aliphatic heterocycles. The first-order valence-electron chi connectivity index (χ1n) is 5.07. The van der Waals surface area contributed by atoms with E-state index in [0.29, 0.717) is 10.6 Å². The number of carbonyl (C=O) groups excluding carboxylic acids is 2. The lowest BCUT2D eigenvalue weighted by Crippen LogP contribution is -2.43. The maximum absolute atomic E-state index is 11.9. The molecule has 0 aromatic heterocycles. The Morgan fingerprint density at radius 3 is 2.17 bits per heavy atom. The highest BCUT2D eigenvalue weighted by atomic mass is 16.4. The maximum atomic E-state index is 11.9. The fraction of sp³-hybridized carbons (Fsp3) is 0.182. The fourth-order valence-corrected chi connectivity index (χ4v) is 1.30. The number of imide groups is 1. The van der Waals surface area contributed by atoms with Crippen molar-refractivity contribution in [2.24, 2.45) is 5.73 Å². The van der Waals surface area contributed by atoms with Gasteiger partial charge in [-0.1, -0.05) is 0 Å². The highest BCUT2D eigenvalue weighted by Gasteiger charge is 2.23. The number of carboxylic acids is 1. The van der Waals surface area contributed by atoms with E-state index < -0.39 is 30.9 Å². The van der Waals surface area contributed by atoms with Gasteiger partial charge in [0.2, 0.25) is 5.91 Å². The quantitative estimate of drug-likeness (QED) is 0.606. The lowest BCUT2D eigenvalue weighted by Gasteiger charge is -2.18. The number of amides is 2. The number of rotatable bonds is 4. The van der Waals surface area contributed by atoms with Crippen LogP contribution in [0.5, 0.6) is 0 Å². The summed E-state index contributed by atoms with van der Waals surface area (Å²) in [5, 5.41) is 8.66. The Morgan fingerprint density at radius 2 is 1.72 bits per heavy atom.